The molecule has 1 heterocycles. The summed E-state index contributed by atoms with van der Waals surface area (Å²) in [7, 11) is 0. The van der Waals surface area contributed by atoms with Crippen molar-refractivity contribution in [2.45, 2.75) is 32.2 Å². The molecule has 38 heavy (non-hydrogen) atoms. The van der Waals surface area contributed by atoms with E-state index in [0.717, 1.165) is 28.4 Å². The molecule has 0 spiro atoms. The van der Waals surface area contributed by atoms with E-state index >= 15 is 0 Å². The predicted octanol–water partition coefficient (Wildman–Crippen LogP) is 5.93. The summed E-state index contributed by atoms with van der Waals surface area (Å²) in [6.45, 7) is 1.99. The van der Waals surface area contributed by atoms with Gasteiger partial charge < -0.3 is 10.4 Å². The first-order valence-corrected chi connectivity index (χ1v) is 13.3. The first-order chi connectivity index (χ1) is 18.2. The number of carboxylic acids is 1. The maximum atomic E-state index is 12.9. The lowest BCUT2D eigenvalue weighted by Crippen LogP contribution is -2.42. The minimum absolute atomic E-state index is 0.0249. The Morgan fingerprint density at radius 3 is 2.26 bits per heavy atom. The second kappa shape index (κ2) is 12.3. The number of nitrogens with one attached hydrogen (secondary N) is 1. The summed E-state index contributed by atoms with van der Waals surface area (Å²) in [5, 5.41) is 13.2. The van der Waals surface area contributed by atoms with Gasteiger partial charge in [0.2, 0.25) is 0 Å². The first-order valence-electron chi connectivity index (χ1n) is 11.8. The lowest BCUT2D eigenvalue weighted by molar-refractivity contribution is -0.139. The van der Waals surface area contributed by atoms with Crippen LogP contribution >= 0.6 is 34.7 Å². The van der Waals surface area contributed by atoms with E-state index in [9.17, 15) is 19.5 Å². The Labute approximate surface area is 233 Å². The summed E-state index contributed by atoms with van der Waals surface area (Å²) in [5.74, 6) is -1.13. The second-order valence-electron chi connectivity index (χ2n) is 8.53. The van der Waals surface area contributed by atoms with E-state index in [1.54, 1.807) is 36.4 Å². The van der Waals surface area contributed by atoms with Gasteiger partial charge in [-0.1, -0.05) is 78.7 Å². The van der Waals surface area contributed by atoms with Gasteiger partial charge in [0.05, 0.1) is 15.6 Å². The fourth-order valence-corrected chi connectivity index (χ4v) is 5.11. The Morgan fingerprint density at radius 2 is 1.63 bits per heavy atom. The molecule has 1 atom stereocenters. The summed E-state index contributed by atoms with van der Waals surface area (Å²) in [6.07, 6.45) is 0.978. The SMILES string of the molecule is CCc1nsc(-c2cccc(C(=O)Cc3ccc(C[C@H](NC(=O)c4c(Cl)cccc4Cl)C(=O)O)cc3)c2)n1. The van der Waals surface area contributed by atoms with E-state index in [4.69, 9.17) is 23.2 Å². The van der Waals surface area contributed by atoms with Crippen LogP contribution in [0.15, 0.2) is 66.7 Å². The zero-order chi connectivity index (χ0) is 27.2. The number of carbonyl (C=O) groups excluding carboxylic acids is 2. The smallest absolute Gasteiger partial charge is 0.326 e. The molecule has 4 rings (SSSR count). The number of aryl methyl sites for hydroxylation is 1. The quantitative estimate of drug-likeness (QED) is 0.230. The average molecular weight is 568 g/mol. The number of Topliss-reactive ketones (excluding diaryl/α,β-unsaturated/α-hetero) is 1. The topological polar surface area (TPSA) is 109 Å². The van der Waals surface area contributed by atoms with Gasteiger partial charge in [-0.3, -0.25) is 9.59 Å². The number of hydrogen-bond acceptors (Lipinski definition) is 6. The van der Waals surface area contributed by atoms with Gasteiger partial charge in [-0.25, -0.2) is 9.78 Å². The molecule has 0 radical (unpaired) electrons. The summed E-state index contributed by atoms with van der Waals surface area (Å²) < 4.78 is 4.31. The van der Waals surface area contributed by atoms with Crippen molar-refractivity contribution >= 4 is 52.4 Å². The fraction of sp³-hybridized carbons (Fsp3) is 0.179. The molecule has 4 aromatic rings. The maximum absolute atomic E-state index is 12.9. The van der Waals surface area contributed by atoms with Crippen LogP contribution in [0.3, 0.4) is 0 Å². The van der Waals surface area contributed by atoms with Crippen molar-refractivity contribution in [2.24, 2.45) is 0 Å². The molecule has 0 bridgehead atoms. The van der Waals surface area contributed by atoms with Crippen LogP contribution < -0.4 is 5.32 Å². The molecule has 1 amide bonds. The summed E-state index contributed by atoms with van der Waals surface area (Å²) >= 11 is 13.5. The normalized spacial score (nSPS) is 11.7. The van der Waals surface area contributed by atoms with Gasteiger partial charge in [0.15, 0.2) is 5.78 Å². The molecular weight excluding hydrogens is 545 g/mol. The third-order valence-electron chi connectivity index (χ3n) is 5.84. The third kappa shape index (κ3) is 6.64. The molecule has 0 saturated heterocycles. The van der Waals surface area contributed by atoms with Crippen LogP contribution in [0.1, 0.15) is 44.6 Å². The number of amides is 1. The minimum Gasteiger partial charge on any atom is -0.480 e. The number of ketones is 1. The number of aromatic nitrogens is 2. The Hall–Kier alpha value is -3.59. The highest BCUT2D eigenvalue weighted by Gasteiger charge is 2.24. The minimum atomic E-state index is -1.20. The van der Waals surface area contributed by atoms with Crippen LogP contribution in [0.25, 0.3) is 10.6 Å². The lowest BCUT2D eigenvalue weighted by Gasteiger charge is -2.16. The lowest BCUT2D eigenvalue weighted by atomic mass is 9.99. The van der Waals surface area contributed by atoms with E-state index in [1.807, 2.05) is 25.1 Å². The van der Waals surface area contributed by atoms with Crippen LogP contribution in [0.5, 0.6) is 0 Å². The zero-order valence-electron chi connectivity index (χ0n) is 20.3. The molecule has 0 saturated carbocycles. The van der Waals surface area contributed by atoms with Crippen molar-refractivity contribution in [3.8, 4) is 10.6 Å². The molecule has 3 aromatic carbocycles. The Morgan fingerprint density at radius 1 is 0.974 bits per heavy atom. The van der Waals surface area contributed by atoms with Crippen molar-refractivity contribution in [1.82, 2.24) is 14.7 Å². The zero-order valence-corrected chi connectivity index (χ0v) is 22.6. The van der Waals surface area contributed by atoms with Gasteiger partial charge >= 0.3 is 5.97 Å². The van der Waals surface area contributed by atoms with Crippen molar-refractivity contribution in [2.75, 3.05) is 0 Å². The van der Waals surface area contributed by atoms with E-state index in [2.05, 4.69) is 14.7 Å². The van der Waals surface area contributed by atoms with Gasteiger partial charge in [0.25, 0.3) is 5.91 Å². The number of carboxylic acid groups (broad SMARTS) is 1. The molecule has 7 nitrogen and oxygen atoms in total. The maximum Gasteiger partial charge on any atom is 0.326 e. The van der Waals surface area contributed by atoms with Crippen molar-refractivity contribution < 1.29 is 19.5 Å². The molecule has 0 aliphatic rings. The molecule has 0 aliphatic carbocycles. The van der Waals surface area contributed by atoms with Gasteiger partial charge in [-0.05, 0) is 40.9 Å². The number of carbonyl (C=O) groups is 3. The first kappa shape index (κ1) is 27.4. The van der Waals surface area contributed by atoms with Crippen molar-refractivity contribution in [1.29, 1.82) is 0 Å². The molecule has 1 aromatic heterocycles. The number of halogens is 2. The van der Waals surface area contributed by atoms with E-state index < -0.39 is 17.9 Å². The Bertz CT molecular complexity index is 1470. The molecule has 0 unspecified atom stereocenters. The van der Waals surface area contributed by atoms with Gasteiger partial charge in [0, 0.05) is 30.4 Å². The number of rotatable bonds is 10. The summed E-state index contributed by atoms with van der Waals surface area (Å²) in [4.78, 5) is 41.9. The van der Waals surface area contributed by atoms with Crippen LogP contribution in [-0.4, -0.2) is 38.2 Å². The number of benzene rings is 3. The summed E-state index contributed by atoms with van der Waals surface area (Å²) in [5.41, 5.74) is 2.92. The molecular formula is C28H23Cl2N3O4S. The van der Waals surface area contributed by atoms with Gasteiger partial charge in [-0.15, -0.1) is 0 Å². The highest BCUT2D eigenvalue weighted by atomic mass is 35.5. The Kier molecular flexibility index (Phi) is 8.89. The van der Waals surface area contributed by atoms with E-state index in [1.165, 1.54) is 23.7 Å². The summed E-state index contributed by atoms with van der Waals surface area (Å²) in [6, 6.07) is 17.8. The number of aliphatic carboxylic acids is 1. The Balaban J connectivity index is 1.41. The van der Waals surface area contributed by atoms with Gasteiger partial charge in [-0.2, -0.15) is 4.37 Å². The molecule has 10 heteroatoms. The van der Waals surface area contributed by atoms with Crippen LogP contribution in [0.4, 0.5) is 0 Å². The van der Waals surface area contributed by atoms with Crippen LogP contribution in [-0.2, 0) is 24.1 Å². The highest BCUT2D eigenvalue weighted by molar-refractivity contribution is 7.09. The van der Waals surface area contributed by atoms with Crippen molar-refractivity contribution in [3.05, 3.63) is 105 Å². The molecule has 194 valence electrons. The van der Waals surface area contributed by atoms with Crippen LogP contribution in [0, 0.1) is 0 Å². The van der Waals surface area contributed by atoms with Gasteiger partial charge in [0.1, 0.15) is 16.9 Å². The van der Waals surface area contributed by atoms with Crippen molar-refractivity contribution in [3.63, 3.8) is 0 Å². The standard InChI is InChI=1S/C28H23Cl2N3O4S/c1-2-24-32-27(38-33-24)19-6-3-5-18(15-19)23(34)14-17-11-9-16(10-12-17)13-22(28(36)37)31-26(35)25-20(29)7-4-8-21(25)30/h3-12,15,22H,2,13-14H2,1H3,(H,31,35)(H,36,37)/t22-/m0/s1. The highest BCUT2D eigenvalue weighted by Crippen LogP contribution is 2.25. The second-order valence-corrected chi connectivity index (χ2v) is 10.1. The predicted molar refractivity (Wildman–Crippen MR) is 148 cm³/mol. The largest absolute Gasteiger partial charge is 0.480 e. The van der Waals surface area contributed by atoms with E-state index in [-0.39, 0.29) is 34.2 Å². The number of hydrogen-bond donors (Lipinski definition) is 2. The van der Waals surface area contributed by atoms with Crippen LogP contribution in [0.2, 0.25) is 10.0 Å². The van der Waals surface area contributed by atoms with E-state index in [0.29, 0.717) is 11.1 Å². The number of nitrogens with zero attached hydrogens (tertiary/aromatic N) is 2. The molecule has 0 aliphatic heterocycles. The monoisotopic (exact) mass is 567 g/mol. The fourth-order valence-electron chi connectivity index (χ4n) is 3.80. The average Bonchev–Trinajstić information content (AvgIpc) is 3.39. The molecule has 2 N–H and O–H groups in total. The third-order valence-corrected chi connectivity index (χ3v) is 7.27. The molecule has 0 fully saturated rings.